The van der Waals surface area contributed by atoms with Crippen LogP contribution in [0.2, 0.25) is 0 Å². The summed E-state index contributed by atoms with van der Waals surface area (Å²) in [7, 11) is 0. The lowest BCUT2D eigenvalue weighted by Gasteiger charge is -2.28. The largest absolute Gasteiger partial charge is 0.441 e. The number of rotatable bonds is 4. The molecule has 4 nitrogen and oxygen atoms in total. The first-order valence-electron chi connectivity index (χ1n) is 7.40. The van der Waals surface area contributed by atoms with Crippen LogP contribution in [0.5, 0.6) is 0 Å². The molecule has 4 heteroatoms. The monoisotopic (exact) mass is 289 g/mol. The molecular weight excluding hydrogens is 266 g/mol. The van der Waals surface area contributed by atoms with Crippen LogP contribution in [-0.2, 0) is 16.0 Å². The van der Waals surface area contributed by atoms with Gasteiger partial charge in [0.1, 0.15) is 5.60 Å². The second kappa shape index (κ2) is 5.88. The zero-order valence-electron chi connectivity index (χ0n) is 13.1. The summed E-state index contributed by atoms with van der Waals surface area (Å²) in [5, 5.41) is 0. The van der Waals surface area contributed by atoms with Gasteiger partial charge in [0.05, 0.1) is 6.04 Å². The Hall–Kier alpha value is -1.84. The summed E-state index contributed by atoms with van der Waals surface area (Å²) in [4.78, 5) is 25.8. The zero-order chi connectivity index (χ0) is 15.6. The summed E-state index contributed by atoms with van der Waals surface area (Å²) in [5.74, 6) is 0.0629. The van der Waals surface area contributed by atoms with E-state index in [1.807, 2.05) is 58.0 Å². The minimum Gasteiger partial charge on any atom is -0.441 e. The van der Waals surface area contributed by atoms with Crippen LogP contribution < -0.4 is 0 Å². The Morgan fingerprint density at radius 2 is 1.90 bits per heavy atom. The maximum Gasteiger partial charge on any atom is 0.417 e. The van der Waals surface area contributed by atoms with Gasteiger partial charge in [-0.25, -0.2) is 9.69 Å². The molecule has 0 spiro atoms. The van der Waals surface area contributed by atoms with Crippen molar-refractivity contribution in [2.75, 3.05) is 0 Å². The topological polar surface area (TPSA) is 46.6 Å². The summed E-state index contributed by atoms with van der Waals surface area (Å²) in [6.45, 7) is 7.66. The zero-order valence-corrected chi connectivity index (χ0v) is 13.1. The number of amides is 2. The number of ether oxygens (including phenoxy) is 1. The highest BCUT2D eigenvalue weighted by molar-refractivity contribution is 5.94. The van der Waals surface area contributed by atoms with Gasteiger partial charge in [0.25, 0.3) is 0 Å². The summed E-state index contributed by atoms with van der Waals surface area (Å²) in [6, 6.07) is 9.61. The van der Waals surface area contributed by atoms with Crippen LogP contribution in [0.4, 0.5) is 4.79 Å². The molecule has 114 valence electrons. The van der Waals surface area contributed by atoms with E-state index < -0.39 is 11.7 Å². The molecule has 1 saturated heterocycles. The molecule has 2 rings (SSSR count). The van der Waals surface area contributed by atoms with E-state index in [4.69, 9.17) is 4.74 Å². The fourth-order valence-corrected chi connectivity index (χ4v) is 2.68. The molecule has 0 unspecified atom stereocenters. The second-order valence-electron chi connectivity index (χ2n) is 6.54. The predicted molar refractivity (Wildman–Crippen MR) is 80.8 cm³/mol. The van der Waals surface area contributed by atoms with Crippen molar-refractivity contribution >= 4 is 12.0 Å². The molecule has 1 atom stereocenters. The quantitative estimate of drug-likeness (QED) is 0.853. The maximum absolute atomic E-state index is 12.4. The molecule has 0 aliphatic carbocycles. The van der Waals surface area contributed by atoms with Crippen molar-refractivity contribution in [3.05, 3.63) is 35.9 Å². The molecule has 1 heterocycles. The van der Waals surface area contributed by atoms with Gasteiger partial charge in [-0.05, 0) is 31.7 Å². The molecule has 0 N–H and O–H groups in total. The van der Waals surface area contributed by atoms with Gasteiger partial charge in [-0.3, -0.25) is 4.79 Å². The number of benzene rings is 1. The van der Waals surface area contributed by atoms with Crippen LogP contribution >= 0.6 is 0 Å². The number of carbonyl (C=O) groups is 2. The smallest absolute Gasteiger partial charge is 0.417 e. The lowest BCUT2D eigenvalue weighted by Crippen LogP contribution is -2.46. The number of imide groups is 1. The first-order valence-corrected chi connectivity index (χ1v) is 7.40. The molecule has 21 heavy (non-hydrogen) atoms. The van der Waals surface area contributed by atoms with Gasteiger partial charge < -0.3 is 4.74 Å². The molecule has 0 saturated carbocycles. The van der Waals surface area contributed by atoms with E-state index in [0.29, 0.717) is 12.8 Å². The predicted octanol–water partition coefficient (Wildman–Crippen LogP) is 3.40. The second-order valence-corrected chi connectivity index (χ2v) is 6.54. The molecule has 1 aliphatic rings. The number of hydrogen-bond donors (Lipinski definition) is 0. The Bertz CT molecular complexity index is 522. The minimum absolute atomic E-state index is 0.151. The standard InChI is InChI=1S/C17H23NO3/c1-12(2)10-15(19)18-14(17(3,4)21-16(18)20)11-13-8-6-5-7-9-13/h5-9,12,14H,10-11H2,1-4H3/t14-/m0/s1. The highest BCUT2D eigenvalue weighted by atomic mass is 16.6. The van der Waals surface area contributed by atoms with Gasteiger partial charge in [0.15, 0.2) is 0 Å². The van der Waals surface area contributed by atoms with Crippen molar-refractivity contribution < 1.29 is 14.3 Å². The van der Waals surface area contributed by atoms with Crippen molar-refractivity contribution in [2.45, 2.75) is 52.2 Å². The molecule has 0 aromatic heterocycles. The Morgan fingerprint density at radius 1 is 1.29 bits per heavy atom. The van der Waals surface area contributed by atoms with Crippen molar-refractivity contribution in [1.82, 2.24) is 4.90 Å². The summed E-state index contributed by atoms with van der Waals surface area (Å²) >= 11 is 0. The number of nitrogens with zero attached hydrogens (tertiary/aromatic N) is 1. The van der Waals surface area contributed by atoms with E-state index in [-0.39, 0.29) is 17.9 Å². The lowest BCUT2D eigenvalue weighted by molar-refractivity contribution is -0.130. The molecule has 1 aliphatic heterocycles. The van der Waals surface area contributed by atoms with Gasteiger partial charge in [0, 0.05) is 6.42 Å². The Kier molecular flexibility index (Phi) is 4.35. The molecular formula is C17H23NO3. The van der Waals surface area contributed by atoms with Gasteiger partial charge >= 0.3 is 6.09 Å². The van der Waals surface area contributed by atoms with Crippen molar-refractivity contribution in [2.24, 2.45) is 5.92 Å². The molecule has 0 bridgehead atoms. The lowest BCUT2D eigenvalue weighted by atomic mass is 9.91. The average Bonchev–Trinajstić information content (AvgIpc) is 2.59. The van der Waals surface area contributed by atoms with E-state index in [2.05, 4.69) is 0 Å². The normalized spacial score (nSPS) is 20.7. The number of cyclic esters (lactones) is 1. The summed E-state index contributed by atoms with van der Waals surface area (Å²) < 4.78 is 5.42. The van der Waals surface area contributed by atoms with Gasteiger partial charge in [-0.15, -0.1) is 0 Å². The van der Waals surface area contributed by atoms with Gasteiger partial charge in [-0.1, -0.05) is 44.2 Å². The van der Waals surface area contributed by atoms with Crippen LogP contribution in [0.25, 0.3) is 0 Å². The van der Waals surface area contributed by atoms with Gasteiger partial charge in [0.2, 0.25) is 5.91 Å². The molecule has 2 amide bonds. The SMILES string of the molecule is CC(C)CC(=O)N1C(=O)OC(C)(C)[C@@H]1Cc1ccccc1. The third-order valence-electron chi connectivity index (χ3n) is 3.78. The Balaban J connectivity index is 2.24. The molecule has 1 fully saturated rings. The van der Waals surface area contributed by atoms with Crippen molar-refractivity contribution in [3.63, 3.8) is 0 Å². The summed E-state index contributed by atoms with van der Waals surface area (Å²) in [5.41, 5.74) is 0.427. The highest BCUT2D eigenvalue weighted by Crippen LogP contribution is 2.32. The van der Waals surface area contributed by atoms with Crippen molar-refractivity contribution in [3.8, 4) is 0 Å². The first kappa shape index (κ1) is 15.5. The Morgan fingerprint density at radius 3 is 2.48 bits per heavy atom. The highest BCUT2D eigenvalue weighted by Gasteiger charge is 2.50. The fraction of sp³-hybridized carbons (Fsp3) is 0.529. The molecule has 1 aromatic rings. The number of hydrogen-bond acceptors (Lipinski definition) is 3. The van der Waals surface area contributed by atoms with Crippen LogP contribution in [0.15, 0.2) is 30.3 Å². The Labute approximate surface area is 126 Å². The van der Waals surface area contributed by atoms with E-state index in [1.54, 1.807) is 0 Å². The van der Waals surface area contributed by atoms with E-state index in [0.717, 1.165) is 5.56 Å². The maximum atomic E-state index is 12.4. The third-order valence-corrected chi connectivity index (χ3v) is 3.78. The van der Waals surface area contributed by atoms with E-state index in [9.17, 15) is 9.59 Å². The van der Waals surface area contributed by atoms with Crippen LogP contribution in [-0.4, -0.2) is 28.5 Å². The molecule has 0 radical (unpaired) electrons. The first-order chi connectivity index (χ1) is 9.81. The van der Waals surface area contributed by atoms with Gasteiger partial charge in [-0.2, -0.15) is 0 Å². The van der Waals surface area contributed by atoms with Crippen LogP contribution in [0.1, 0.15) is 39.7 Å². The van der Waals surface area contributed by atoms with E-state index in [1.165, 1.54) is 4.90 Å². The average molecular weight is 289 g/mol. The summed E-state index contributed by atoms with van der Waals surface area (Å²) in [6.07, 6.45) is 0.450. The van der Waals surface area contributed by atoms with E-state index >= 15 is 0 Å². The minimum atomic E-state index is -0.667. The van der Waals surface area contributed by atoms with Crippen LogP contribution in [0, 0.1) is 5.92 Å². The fourth-order valence-electron chi connectivity index (χ4n) is 2.68. The van der Waals surface area contributed by atoms with Crippen LogP contribution in [0.3, 0.4) is 0 Å². The van der Waals surface area contributed by atoms with Crippen molar-refractivity contribution in [1.29, 1.82) is 0 Å². The third kappa shape index (κ3) is 3.43. The number of carbonyl (C=O) groups excluding carboxylic acids is 2. The molecule has 1 aromatic carbocycles.